The maximum absolute atomic E-state index is 2.52. The molecule has 0 spiro atoms. The molecule has 0 unspecified atom stereocenters. The SMILES string of the molecule is Cc1cccc(N(c2ccccc2)c2ccc(N(c3ccccc3)C3(N(c4ccccc4)c4ccc(N(c5ccccc5)c5cccc(C)c5)cc4)C=CC(c4ccccc4)=CC3)cc2)c1. The Bertz CT molecular complexity index is 2880. The first-order chi connectivity index (χ1) is 32.5. The van der Waals surface area contributed by atoms with Crippen molar-refractivity contribution in [2.75, 3.05) is 19.6 Å². The van der Waals surface area contributed by atoms with Crippen molar-refractivity contribution < 1.29 is 0 Å². The molecule has 4 nitrogen and oxygen atoms in total. The Hall–Kier alpha value is -8.34. The van der Waals surface area contributed by atoms with Gasteiger partial charge in [0.05, 0.1) is 0 Å². The molecule has 0 bridgehead atoms. The van der Waals surface area contributed by atoms with Crippen molar-refractivity contribution in [1.82, 2.24) is 0 Å². The number of nitrogens with zero attached hydrogens (tertiary/aromatic N) is 4. The molecule has 0 radical (unpaired) electrons. The second-order valence-electron chi connectivity index (χ2n) is 16.8. The number of para-hydroxylation sites is 4. The van der Waals surface area contributed by atoms with Gasteiger partial charge in [-0.05, 0) is 164 Å². The van der Waals surface area contributed by atoms with Crippen LogP contribution in [-0.4, -0.2) is 5.66 Å². The lowest BCUT2D eigenvalue weighted by Crippen LogP contribution is -2.57. The van der Waals surface area contributed by atoms with Crippen LogP contribution in [-0.2, 0) is 0 Å². The van der Waals surface area contributed by atoms with Gasteiger partial charge < -0.3 is 19.6 Å². The topological polar surface area (TPSA) is 13.0 Å². The van der Waals surface area contributed by atoms with Gasteiger partial charge in [0.2, 0.25) is 0 Å². The van der Waals surface area contributed by atoms with Crippen molar-refractivity contribution in [3.63, 3.8) is 0 Å². The zero-order valence-corrected chi connectivity index (χ0v) is 37.4. The van der Waals surface area contributed by atoms with Crippen molar-refractivity contribution in [3.8, 4) is 0 Å². The number of aryl methyl sites for hydroxylation is 2. The molecule has 9 aromatic rings. The van der Waals surface area contributed by atoms with E-state index in [4.69, 9.17) is 0 Å². The number of hydrogen-bond acceptors (Lipinski definition) is 4. The summed E-state index contributed by atoms with van der Waals surface area (Å²) in [5, 5.41) is 0. The number of anilines is 10. The van der Waals surface area contributed by atoms with E-state index in [2.05, 4.69) is 300 Å². The van der Waals surface area contributed by atoms with E-state index in [1.54, 1.807) is 0 Å². The third kappa shape index (κ3) is 8.53. The molecule has 0 atom stereocenters. The fourth-order valence-corrected chi connectivity index (χ4v) is 9.33. The van der Waals surface area contributed by atoms with Crippen molar-refractivity contribution >= 4 is 62.4 Å². The van der Waals surface area contributed by atoms with Gasteiger partial charge in [-0.25, -0.2) is 0 Å². The van der Waals surface area contributed by atoms with E-state index in [1.807, 2.05) is 0 Å². The lowest BCUT2D eigenvalue weighted by molar-refractivity contribution is 0.526. The predicted molar refractivity (Wildman–Crippen MR) is 280 cm³/mol. The Kier molecular flexibility index (Phi) is 11.9. The first-order valence-electron chi connectivity index (χ1n) is 22.7. The second kappa shape index (κ2) is 18.8. The second-order valence-corrected chi connectivity index (χ2v) is 16.8. The van der Waals surface area contributed by atoms with Gasteiger partial charge in [-0.15, -0.1) is 0 Å². The number of benzene rings is 9. The molecule has 10 rings (SSSR count). The predicted octanol–water partition coefficient (Wildman–Crippen LogP) is 17.0. The molecule has 1 aliphatic carbocycles. The van der Waals surface area contributed by atoms with E-state index >= 15 is 0 Å². The monoisotopic (exact) mass is 852 g/mol. The molecular formula is C62H52N4. The zero-order chi connectivity index (χ0) is 44.7. The molecule has 0 aliphatic heterocycles. The van der Waals surface area contributed by atoms with Crippen LogP contribution in [0.15, 0.2) is 267 Å². The Labute approximate surface area is 389 Å². The van der Waals surface area contributed by atoms with Gasteiger partial charge in [0.15, 0.2) is 0 Å². The quantitative estimate of drug-likeness (QED) is 0.107. The fourth-order valence-electron chi connectivity index (χ4n) is 9.33. The molecule has 66 heavy (non-hydrogen) atoms. The van der Waals surface area contributed by atoms with Gasteiger partial charge >= 0.3 is 0 Å². The highest BCUT2D eigenvalue weighted by Gasteiger charge is 2.43. The van der Waals surface area contributed by atoms with Crippen LogP contribution < -0.4 is 19.6 Å². The van der Waals surface area contributed by atoms with Crippen LogP contribution in [0.2, 0.25) is 0 Å². The summed E-state index contributed by atoms with van der Waals surface area (Å²) >= 11 is 0. The largest absolute Gasteiger partial charge is 0.314 e. The van der Waals surface area contributed by atoms with Crippen LogP contribution >= 0.6 is 0 Å². The summed E-state index contributed by atoms with van der Waals surface area (Å²) in [6.45, 7) is 4.30. The van der Waals surface area contributed by atoms with Gasteiger partial charge in [-0.3, -0.25) is 0 Å². The summed E-state index contributed by atoms with van der Waals surface area (Å²) in [5.41, 5.74) is 15.0. The van der Waals surface area contributed by atoms with Crippen molar-refractivity contribution in [2.45, 2.75) is 25.9 Å². The molecule has 0 saturated heterocycles. The fraction of sp³-hybridized carbons (Fsp3) is 0.0645. The van der Waals surface area contributed by atoms with Gasteiger partial charge in [-0.1, -0.05) is 140 Å². The van der Waals surface area contributed by atoms with E-state index in [0.29, 0.717) is 6.42 Å². The molecule has 0 saturated carbocycles. The first-order valence-corrected chi connectivity index (χ1v) is 22.7. The number of rotatable bonds is 13. The Balaban J connectivity index is 1.15. The van der Waals surface area contributed by atoms with Crippen LogP contribution in [0.3, 0.4) is 0 Å². The van der Waals surface area contributed by atoms with E-state index in [-0.39, 0.29) is 0 Å². The maximum Gasteiger partial charge on any atom is 0.145 e. The molecule has 0 N–H and O–H groups in total. The van der Waals surface area contributed by atoms with Crippen molar-refractivity contribution in [3.05, 3.63) is 284 Å². The van der Waals surface area contributed by atoms with Gasteiger partial charge in [0, 0.05) is 63.3 Å². The molecular weight excluding hydrogens is 801 g/mol. The van der Waals surface area contributed by atoms with Crippen LogP contribution in [0.25, 0.3) is 5.57 Å². The Morgan fingerprint density at radius 1 is 0.318 bits per heavy atom. The zero-order valence-electron chi connectivity index (χ0n) is 37.4. The minimum Gasteiger partial charge on any atom is -0.314 e. The summed E-state index contributed by atoms with van der Waals surface area (Å²) in [6, 6.07) is 89.3. The van der Waals surface area contributed by atoms with E-state index in [0.717, 1.165) is 56.9 Å². The minimum absolute atomic E-state index is 0.680. The molecule has 320 valence electrons. The van der Waals surface area contributed by atoms with Crippen LogP contribution in [0, 0.1) is 13.8 Å². The third-order valence-corrected chi connectivity index (χ3v) is 12.3. The third-order valence-electron chi connectivity index (χ3n) is 12.3. The summed E-state index contributed by atoms with van der Waals surface area (Å²) in [5.74, 6) is 0. The molecule has 1 aliphatic rings. The normalized spacial score (nSPS) is 12.8. The highest BCUT2D eigenvalue weighted by Crippen LogP contribution is 2.49. The summed E-state index contributed by atoms with van der Waals surface area (Å²) in [7, 11) is 0. The van der Waals surface area contributed by atoms with E-state index < -0.39 is 5.66 Å². The van der Waals surface area contributed by atoms with Crippen molar-refractivity contribution in [2.24, 2.45) is 0 Å². The van der Waals surface area contributed by atoms with Crippen LogP contribution in [0.1, 0.15) is 23.1 Å². The van der Waals surface area contributed by atoms with Gasteiger partial charge in [0.1, 0.15) is 5.66 Å². The van der Waals surface area contributed by atoms with Crippen LogP contribution in [0.5, 0.6) is 0 Å². The summed E-state index contributed by atoms with van der Waals surface area (Å²) < 4.78 is 0. The van der Waals surface area contributed by atoms with Crippen molar-refractivity contribution in [1.29, 1.82) is 0 Å². The molecule has 9 aromatic carbocycles. The highest BCUT2D eigenvalue weighted by atomic mass is 15.4. The first kappa shape index (κ1) is 41.7. The summed E-state index contributed by atoms with van der Waals surface area (Å²) in [4.78, 5) is 9.72. The Morgan fingerprint density at radius 2 is 0.636 bits per heavy atom. The lowest BCUT2D eigenvalue weighted by Gasteiger charge is -2.52. The number of hydrogen-bond donors (Lipinski definition) is 0. The van der Waals surface area contributed by atoms with E-state index in [1.165, 1.54) is 22.3 Å². The Morgan fingerprint density at radius 3 is 1.00 bits per heavy atom. The molecule has 0 fully saturated rings. The highest BCUT2D eigenvalue weighted by molar-refractivity contribution is 5.85. The molecule has 0 heterocycles. The maximum atomic E-state index is 2.52. The lowest BCUT2D eigenvalue weighted by atomic mass is 9.88. The average Bonchev–Trinajstić information content (AvgIpc) is 3.37. The molecule has 0 amide bonds. The average molecular weight is 853 g/mol. The van der Waals surface area contributed by atoms with E-state index in [9.17, 15) is 0 Å². The molecule has 0 aromatic heterocycles. The smallest absolute Gasteiger partial charge is 0.145 e. The van der Waals surface area contributed by atoms with Gasteiger partial charge in [0.25, 0.3) is 0 Å². The molecule has 4 heteroatoms. The minimum atomic E-state index is -0.755. The van der Waals surface area contributed by atoms with Crippen LogP contribution in [0.4, 0.5) is 56.9 Å². The standard InChI is InChI=1S/C62H52N4/c1-48-20-18-32-60(46-48)63(52-24-10-4-11-25-52)54-34-38-58(39-35-54)65(56-28-14-6-15-29-56)62(44-42-51(43-45-62)50-22-8-3-9-23-50)66(57-30-16-7-17-31-57)59-40-36-55(37-41-59)64(53-26-12-5-13-27-53)61-33-19-21-49(2)47-61/h3-44,46-47H,45H2,1-2H3. The van der Waals surface area contributed by atoms with Gasteiger partial charge in [-0.2, -0.15) is 0 Å². The summed E-state index contributed by atoms with van der Waals surface area (Å²) in [6.07, 6.45) is 7.83. The number of allylic oxidation sites excluding steroid dienone is 2.